The average Bonchev–Trinajstić information content (AvgIpc) is 3.50. The van der Waals surface area contributed by atoms with E-state index in [0.29, 0.717) is 42.4 Å². The molecule has 5 rings (SSSR count). The summed E-state index contributed by atoms with van der Waals surface area (Å²) in [6.07, 6.45) is -0.925. The zero-order valence-electron chi connectivity index (χ0n) is 22.2. The zero-order chi connectivity index (χ0) is 28.1. The van der Waals surface area contributed by atoms with Gasteiger partial charge in [-0.25, -0.2) is 9.97 Å². The SMILES string of the molecule is Cc1nc(NCCCC(=O)OCc2ccccc2)nc(N[C@@H]2C[C@H](CO)[C@@H](O)[C@H]2O)c1-c1nc2ccccc2s1. The summed E-state index contributed by atoms with van der Waals surface area (Å²) >= 11 is 1.52. The fourth-order valence-electron chi connectivity index (χ4n) is 4.86. The van der Waals surface area contributed by atoms with E-state index in [2.05, 4.69) is 15.6 Å². The minimum Gasteiger partial charge on any atom is -0.461 e. The molecule has 2 heterocycles. The maximum atomic E-state index is 12.2. The number of aryl methyl sites for hydroxylation is 1. The second-order valence-corrected chi connectivity index (χ2v) is 11.0. The molecule has 210 valence electrons. The first-order valence-corrected chi connectivity index (χ1v) is 14.2. The van der Waals surface area contributed by atoms with Crippen LogP contribution in [0.5, 0.6) is 0 Å². The first-order chi connectivity index (χ1) is 19.4. The molecule has 40 heavy (non-hydrogen) atoms. The highest BCUT2D eigenvalue weighted by molar-refractivity contribution is 7.21. The predicted octanol–water partition coefficient (Wildman–Crippen LogP) is 3.51. The first-order valence-electron chi connectivity index (χ1n) is 13.3. The lowest BCUT2D eigenvalue weighted by Crippen LogP contribution is -2.35. The molecule has 4 aromatic rings. The van der Waals surface area contributed by atoms with E-state index < -0.39 is 24.2 Å². The average molecular weight is 564 g/mol. The molecule has 10 nitrogen and oxygen atoms in total. The standard InChI is InChI=1S/C29H33N5O5S/c1-17-24(28-33-20-10-5-6-11-22(20)40-28)27(32-21-14-19(15-35)25(37)26(21)38)34-29(31-17)30-13-7-12-23(36)39-16-18-8-3-2-4-9-18/h2-6,8-11,19,21,25-26,35,37-38H,7,12-16H2,1H3,(H2,30,31,32,34)/t19-,21-,25-,26+/m1/s1. The molecular formula is C29H33N5O5S. The van der Waals surface area contributed by atoms with Crippen LogP contribution in [0.2, 0.25) is 0 Å². The van der Waals surface area contributed by atoms with Crippen LogP contribution in [0.25, 0.3) is 20.8 Å². The van der Waals surface area contributed by atoms with E-state index in [4.69, 9.17) is 14.7 Å². The molecule has 5 N–H and O–H groups in total. The van der Waals surface area contributed by atoms with E-state index in [1.807, 2.05) is 61.5 Å². The lowest BCUT2D eigenvalue weighted by Gasteiger charge is -2.21. The molecule has 1 fully saturated rings. The predicted molar refractivity (Wildman–Crippen MR) is 154 cm³/mol. The van der Waals surface area contributed by atoms with Crippen LogP contribution in [0.15, 0.2) is 54.6 Å². The number of nitrogens with one attached hydrogen (secondary N) is 2. The topological polar surface area (TPSA) is 150 Å². The monoisotopic (exact) mass is 563 g/mol. The number of aromatic nitrogens is 3. The fraction of sp³-hybridized carbons (Fsp3) is 0.379. The van der Waals surface area contributed by atoms with Gasteiger partial charge >= 0.3 is 5.97 Å². The summed E-state index contributed by atoms with van der Waals surface area (Å²) in [5.74, 6) is 0.143. The summed E-state index contributed by atoms with van der Waals surface area (Å²) in [6.45, 7) is 2.36. The van der Waals surface area contributed by atoms with Gasteiger partial charge in [-0.15, -0.1) is 11.3 Å². The number of esters is 1. The maximum absolute atomic E-state index is 12.2. The molecule has 0 saturated heterocycles. The van der Waals surface area contributed by atoms with Crippen molar-refractivity contribution in [3.8, 4) is 10.6 Å². The van der Waals surface area contributed by atoms with Gasteiger partial charge in [0.2, 0.25) is 5.95 Å². The molecule has 0 bridgehead atoms. The van der Waals surface area contributed by atoms with Crippen LogP contribution in [-0.2, 0) is 16.1 Å². The van der Waals surface area contributed by atoms with Crippen molar-refractivity contribution in [3.05, 3.63) is 65.9 Å². The third-order valence-corrected chi connectivity index (χ3v) is 8.09. The van der Waals surface area contributed by atoms with E-state index in [0.717, 1.165) is 20.8 Å². The number of aliphatic hydroxyl groups is 3. The summed E-state index contributed by atoms with van der Waals surface area (Å²) in [5.41, 5.74) is 3.21. The second kappa shape index (κ2) is 12.7. The van der Waals surface area contributed by atoms with E-state index in [9.17, 15) is 20.1 Å². The van der Waals surface area contributed by atoms with Crippen LogP contribution in [0, 0.1) is 12.8 Å². The van der Waals surface area contributed by atoms with Crippen LogP contribution in [-0.4, -0.2) is 67.6 Å². The Balaban J connectivity index is 1.29. The Labute approximate surface area is 236 Å². The molecule has 0 aliphatic heterocycles. The van der Waals surface area contributed by atoms with Gasteiger partial charge < -0.3 is 30.7 Å². The number of fused-ring (bicyclic) bond motifs is 1. The molecule has 2 aromatic carbocycles. The van der Waals surface area contributed by atoms with Crippen molar-refractivity contribution in [2.45, 2.75) is 51.0 Å². The van der Waals surface area contributed by atoms with Crippen molar-refractivity contribution in [2.24, 2.45) is 5.92 Å². The van der Waals surface area contributed by atoms with E-state index in [1.165, 1.54) is 11.3 Å². The molecule has 1 saturated carbocycles. The van der Waals surface area contributed by atoms with Gasteiger partial charge in [0.25, 0.3) is 0 Å². The van der Waals surface area contributed by atoms with Gasteiger partial charge in [0.05, 0.1) is 33.6 Å². The minimum absolute atomic E-state index is 0.218. The molecular weight excluding hydrogens is 530 g/mol. The lowest BCUT2D eigenvalue weighted by atomic mass is 10.1. The number of ether oxygens (including phenoxy) is 1. The van der Waals surface area contributed by atoms with E-state index >= 15 is 0 Å². The molecule has 0 unspecified atom stereocenters. The highest BCUT2D eigenvalue weighted by Gasteiger charge is 2.41. The Kier molecular flexibility index (Phi) is 8.85. The van der Waals surface area contributed by atoms with Crippen molar-refractivity contribution in [3.63, 3.8) is 0 Å². The van der Waals surface area contributed by atoms with E-state index in [-0.39, 0.29) is 25.6 Å². The third-order valence-electron chi connectivity index (χ3n) is 7.04. The number of anilines is 2. The van der Waals surface area contributed by atoms with Crippen LogP contribution < -0.4 is 10.6 Å². The second-order valence-electron chi connectivity index (χ2n) is 9.93. The molecule has 0 amide bonds. The number of rotatable bonds is 11. The van der Waals surface area contributed by atoms with Gasteiger partial charge in [0.15, 0.2) is 0 Å². The maximum Gasteiger partial charge on any atom is 0.306 e. The van der Waals surface area contributed by atoms with Crippen LogP contribution in [0.1, 0.15) is 30.5 Å². The van der Waals surface area contributed by atoms with Crippen LogP contribution in [0.4, 0.5) is 11.8 Å². The summed E-state index contributed by atoms with van der Waals surface area (Å²) in [5, 5.41) is 37.8. The summed E-state index contributed by atoms with van der Waals surface area (Å²) < 4.78 is 6.37. The molecule has 0 spiro atoms. The third kappa shape index (κ3) is 6.39. The number of benzene rings is 2. The number of carbonyl (C=O) groups is 1. The van der Waals surface area contributed by atoms with Crippen molar-refractivity contribution >= 4 is 39.3 Å². The number of aliphatic hydroxyl groups excluding tert-OH is 3. The van der Waals surface area contributed by atoms with Gasteiger partial charge in [0, 0.05) is 25.5 Å². The minimum atomic E-state index is -1.06. The number of thiazole rings is 1. The fourth-order valence-corrected chi connectivity index (χ4v) is 5.92. The van der Waals surface area contributed by atoms with Crippen LogP contribution >= 0.6 is 11.3 Å². The molecule has 0 radical (unpaired) electrons. The number of carbonyl (C=O) groups excluding carboxylic acids is 1. The molecule has 1 aliphatic rings. The summed E-state index contributed by atoms with van der Waals surface area (Å²) in [6, 6.07) is 16.9. The van der Waals surface area contributed by atoms with Crippen molar-refractivity contribution in [1.29, 1.82) is 0 Å². The zero-order valence-corrected chi connectivity index (χ0v) is 23.0. The smallest absolute Gasteiger partial charge is 0.306 e. The number of nitrogens with zero attached hydrogens (tertiary/aromatic N) is 3. The lowest BCUT2D eigenvalue weighted by molar-refractivity contribution is -0.145. The Bertz CT molecular complexity index is 1420. The number of para-hydroxylation sites is 1. The Morgan fingerprint density at radius 2 is 1.82 bits per heavy atom. The van der Waals surface area contributed by atoms with Gasteiger partial charge in [-0.3, -0.25) is 4.79 Å². The summed E-state index contributed by atoms with van der Waals surface area (Å²) in [4.78, 5) is 26.3. The quantitative estimate of drug-likeness (QED) is 0.136. The summed E-state index contributed by atoms with van der Waals surface area (Å²) in [7, 11) is 0. The van der Waals surface area contributed by atoms with E-state index in [1.54, 1.807) is 0 Å². The number of hydrogen-bond acceptors (Lipinski definition) is 11. The van der Waals surface area contributed by atoms with Gasteiger partial charge in [-0.2, -0.15) is 4.98 Å². The van der Waals surface area contributed by atoms with Crippen molar-refractivity contribution in [2.75, 3.05) is 23.8 Å². The largest absolute Gasteiger partial charge is 0.461 e. The van der Waals surface area contributed by atoms with Gasteiger partial charge in [-0.1, -0.05) is 42.5 Å². The normalized spacial score (nSPS) is 20.5. The Hall–Kier alpha value is -3.64. The molecule has 4 atom stereocenters. The van der Waals surface area contributed by atoms with Gasteiger partial charge in [0.1, 0.15) is 23.5 Å². The Morgan fingerprint density at radius 1 is 1.05 bits per heavy atom. The Morgan fingerprint density at radius 3 is 2.58 bits per heavy atom. The van der Waals surface area contributed by atoms with Crippen LogP contribution in [0.3, 0.4) is 0 Å². The number of hydrogen-bond donors (Lipinski definition) is 5. The first kappa shape index (κ1) is 27.9. The highest BCUT2D eigenvalue weighted by Crippen LogP contribution is 2.38. The highest BCUT2D eigenvalue weighted by atomic mass is 32.1. The van der Waals surface area contributed by atoms with Crippen molar-refractivity contribution < 1.29 is 24.9 Å². The molecule has 2 aromatic heterocycles. The van der Waals surface area contributed by atoms with Crippen molar-refractivity contribution in [1.82, 2.24) is 15.0 Å². The van der Waals surface area contributed by atoms with Gasteiger partial charge in [-0.05, 0) is 37.5 Å². The molecule has 11 heteroatoms. The molecule has 1 aliphatic carbocycles.